The molecule has 3 unspecified atom stereocenters. The number of rotatable bonds is 5. The number of hydrogen-bond donors (Lipinski definition) is 1. The van der Waals surface area contributed by atoms with Gasteiger partial charge in [0.2, 0.25) is 17.7 Å². The summed E-state index contributed by atoms with van der Waals surface area (Å²) in [6.45, 7) is 1.73. The van der Waals surface area contributed by atoms with Gasteiger partial charge in [0.1, 0.15) is 11.8 Å². The highest BCUT2D eigenvalue weighted by Crippen LogP contribution is 2.53. The number of carbonyl (C=O) groups is 3. The second-order valence-corrected chi connectivity index (χ2v) is 12.0. The number of aromatic nitrogens is 1. The third-order valence-corrected chi connectivity index (χ3v) is 9.79. The Labute approximate surface area is 237 Å². The van der Waals surface area contributed by atoms with Crippen LogP contribution in [0.1, 0.15) is 21.9 Å². The molecule has 3 amide bonds. The summed E-state index contributed by atoms with van der Waals surface area (Å²) in [5.41, 5.74) is 2.94. The van der Waals surface area contributed by atoms with Gasteiger partial charge in [-0.1, -0.05) is 82.7 Å². The van der Waals surface area contributed by atoms with Crippen LogP contribution in [0, 0.1) is 12.8 Å². The summed E-state index contributed by atoms with van der Waals surface area (Å²) in [4.78, 5) is 55.4. The molecule has 1 aromatic heterocycles. The van der Waals surface area contributed by atoms with Crippen LogP contribution in [0.5, 0.6) is 0 Å². The molecular formula is C29H22ClN3O4S2. The van der Waals surface area contributed by atoms with Crippen LogP contribution in [0.25, 0.3) is 0 Å². The number of benzene rings is 3. The van der Waals surface area contributed by atoms with Crippen molar-refractivity contribution >= 4 is 63.8 Å². The monoisotopic (exact) mass is 575 g/mol. The average Bonchev–Trinajstić information content (AvgIpc) is 3.36. The number of imide groups is 1. The van der Waals surface area contributed by atoms with E-state index in [1.54, 1.807) is 36.4 Å². The SMILES string of the molecule is Cc1ccc(N2C(=O)C3Sc4c(sc(=O)n4CC(=O)Nc4ccccc4)C(c4ccc(Cl)cc4)C3C2=O)cc1. The van der Waals surface area contributed by atoms with Crippen molar-refractivity contribution < 1.29 is 14.4 Å². The number of thioether (sulfide) groups is 1. The van der Waals surface area contributed by atoms with E-state index < -0.39 is 17.1 Å². The molecule has 3 aromatic carbocycles. The molecule has 3 heterocycles. The van der Waals surface area contributed by atoms with Crippen molar-refractivity contribution in [2.24, 2.45) is 5.92 Å². The van der Waals surface area contributed by atoms with E-state index in [1.807, 2.05) is 49.4 Å². The molecule has 1 saturated heterocycles. The fourth-order valence-corrected chi connectivity index (χ4v) is 8.00. The highest BCUT2D eigenvalue weighted by molar-refractivity contribution is 8.00. The quantitative estimate of drug-likeness (QED) is 0.326. The van der Waals surface area contributed by atoms with E-state index in [-0.39, 0.29) is 29.1 Å². The zero-order valence-corrected chi connectivity index (χ0v) is 23.1. The molecule has 10 heteroatoms. The van der Waals surface area contributed by atoms with Crippen LogP contribution >= 0.6 is 34.7 Å². The zero-order chi connectivity index (χ0) is 27.3. The van der Waals surface area contributed by atoms with Gasteiger partial charge in [-0.15, -0.1) is 0 Å². The number of amides is 3. The Bertz CT molecular complexity index is 1650. The first-order valence-electron chi connectivity index (χ1n) is 12.3. The van der Waals surface area contributed by atoms with Gasteiger partial charge in [-0.2, -0.15) is 0 Å². The van der Waals surface area contributed by atoms with Crippen molar-refractivity contribution in [3.05, 3.63) is 110 Å². The lowest BCUT2D eigenvalue weighted by molar-refractivity contribution is -0.122. The second-order valence-electron chi connectivity index (χ2n) is 9.48. The smallest absolute Gasteiger partial charge is 0.308 e. The molecule has 0 bridgehead atoms. The highest BCUT2D eigenvalue weighted by atomic mass is 35.5. The van der Waals surface area contributed by atoms with Gasteiger partial charge in [0.15, 0.2) is 0 Å². The maximum absolute atomic E-state index is 13.9. The minimum Gasteiger partial charge on any atom is -0.325 e. The summed E-state index contributed by atoms with van der Waals surface area (Å²) in [7, 11) is 0. The number of nitrogens with zero attached hydrogens (tertiary/aromatic N) is 2. The predicted molar refractivity (Wildman–Crippen MR) is 154 cm³/mol. The number of fused-ring (bicyclic) bond motifs is 2. The molecule has 2 aliphatic rings. The number of thiazole rings is 1. The van der Waals surface area contributed by atoms with E-state index in [2.05, 4.69) is 5.32 Å². The highest BCUT2D eigenvalue weighted by Gasteiger charge is 2.56. The van der Waals surface area contributed by atoms with Gasteiger partial charge in [0, 0.05) is 21.5 Å². The lowest BCUT2D eigenvalue weighted by atomic mass is 9.83. The Balaban J connectivity index is 1.42. The van der Waals surface area contributed by atoms with Gasteiger partial charge in [-0.05, 0) is 48.9 Å². The van der Waals surface area contributed by atoms with Crippen molar-refractivity contribution in [3.63, 3.8) is 0 Å². The number of para-hydroxylation sites is 1. The Kier molecular flexibility index (Phi) is 6.66. The first kappa shape index (κ1) is 25.6. The zero-order valence-electron chi connectivity index (χ0n) is 20.7. The van der Waals surface area contributed by atoms with Crippen molar-refractivity contribution in [3.8, 4) is 0 Å². The summed E-state index contributed by atoms with van der Waals surface area (Å²) in [5, 5.41) is 3.15. The van der Waals surface area contributed by atoms with Crippen LogP contribution in [-0.2, 0) is 20.9 Å². The number of nitrogens with one attached hydrogen (secondary N) is 1. The molecule has 0 radical (unpaired) electrons. The lowest BCUT2D eigenvalue weighted by Gasteiger charge is -2.30. The molecule has 7 nitrogen and oxygen atoms in total. The molecule has 196 valence electrons. The summed E-state index contributed by atoms with van der Waals surface area (Å²) >= 11 is 8.36. The fourth-order valence-electron chi connectivity index (χ4n) is 5.10. The van der Waals surface area contributed by atoms with Crippen LogP contribution in [0.15, 0.2) is 88.7 Å². The lowest BCUT2D eigenvalue weighted by Crippen LogP contribution is -2.33. The Morgan fingerprint density at radius 2 is 1.62 bits per heavy atom. The van der Waals surface area contributed by atoms with Gasteiger partial charge in [0.05, 0.1) is 16.6 Å². The summed E-state index contributed by atoms with van der Waals surface area (Å²) < 4.78 is 1.41. The molecule has 1 fully saturated rings. The maximum Gasteiger partial charge on any atom is 0.308 e. The van der Waals surface area contributed by atoms with Crippen LogP contribution in [0.4, 0.5) is 11.4 Å². The van der Waals surface area contributed by atoms with Crippen LogP contribution < -0.4 is 15.1 Å². The Morgan fingerprint density at radius 3 is 2.31 bits per heavy atom. The number of carbonyl (C=O) groups excluding carboxylic acids is 3. The van der Waals surface area contributed by atoms with Gasteiger partial charge in [-0.25, -0.2) is 4.90 Å². The molecule has 3 atom stereocenters. The largest absolute Gasteiger partial charge is 0.325 e. The molecule has 2 aliphatic heterocycles. The molecule has 39 heavy (non-hydrogen) atoms. The first-order chi connectivity index (χ1) is 18.8. The molecule has 6 rings (SSSR count). The second kappa shape index (κ2) is 10.1. The van der Waals surface area contributed by atoms with E-state index in [4.69, 9.17) is 11.6 Å². The Morgan fingerprint density at radius 1 is 0.923 bits per heavy atom. The predicted octanol–water partition coefficient (Wildman–Crippen LogP) is 5.31. The van der Waals surface area contributed by atoms with Crippen LogP contribution in [0.3, 0.4) is 0 Å². The number of halogens is 1. The van der Waals surface area contributed by atoms with E-state index in [1.165, 1.54) is 21.2 Å². The fraction of sp³-hybridized carbons (Fsp3) is 0.172. The summed E-state index contributed by atoms with van der Waals surface area (Å²) in [6.07, 6.45) is 0. The van der Waals surface area contributed by atoms with Gasteiger partial charge in [-0.3, -0.25) is 23.7 Å². The summed E-state index contributed by atoms with van der Waals surface area (Å²) in [6, 6.07) is 23.4. The van der Waals surface area contributed by atoms with Gasteiger partial charge < -0.3 is 5.32 Å². The third-order valence-electron chi connectivity index (χ3n) is 6.93. The van der Waals surface area contributed by atoms with Crippen molar-refractivity contribution in [2.75, 3.05) is 10.2 Å². The van der Waals surface area contributed by atoms with Gasteiger partial charge >= 0.3 is 4.87 Å². The Hall–Kier alpha value is -3.66. The van der Waals surface area contributed by atoms with Crippen LogP contribution in [-0.4, -0.2) is 27.5 Å². The topological polar surface area (TPSA) is 88.5 Å². The van der Waals surface area contributed by atoms with E-state index >= 15 is 0 Å². The van der Waals surface area contributed by atoms with E-state index in [0.29, 0.717) is 26.3 Å². The van der Waals surface area contributed by atoms with Crippen LogP contribution in [0.2, 0.25) is 5.02 Å². The number of anilines is 2. The maximum atomic E-state index is 13.9. The first-order valence-corrected chi connectivity index (χ1v) is 14.3. The molecule has 0 saturated carbocycles. The van der Waals surface area contributed by atoms with Crippen molar-refractivity contribution in [2.45, 2.75) is 29.7 Å². The van der Waals surface area contributed by atoms with E-state index in [9.17, 15) is 19.2 Å². The third kappa shape index (κ3) is 4.60. The van der Waals surface area contributed by atoms with Crippen molar-refractivity contribution in [1.29, 1.82) is 0 Å². The molecule has 0 spiro atoms. The van der Waals surface area contributed by atoms with Gasteiger partial charge in [0.25, 0.3) is 0 Å². The minimum absolute atomic E-state index is 0.207. The summed E-state index contributed by atoms with van der Waals surface area (Å²) in [5.74, 6) is -2.23. The normalized spacial score (nSPS) is 20.1. The van der Waals surface area contributed by atoms with Crippen molar-refractivity contribution in [1.82, 2.24) is 4.57 Å². The molecule has 0 aliphatic carbocycles. The number of aryl methyl sites for hydroxylation is 1. The van der Waals surface area contributed by atoms with E-state index in [0.717, 1.165) is 22.5 Å². The molecule has 1 N–H and O–H groups in total. The minimum atomic E-state index is -0.746. The standard InChI is InChI=1S/C29H22ClN3O4S2/c1-16-7-13-20(14-8-16)33-26(35)23-22(17-9-11-18(30)12-10-17)25-28(38-24(23)27(33)36)32(29(37)39-25)15-21(34)31-19-5-3-2-4-6-19/h2-14,22-24H,15H2,1H3,(H,31,34). The average molecular weight is 576 g/mol. The molecule has 4 aromatic rings. The number of hydrogen-bond acceptors (Lipinski definition) is 6. The molecular weight excluding hydrogens is 554 g/mol.